The fraction of sp³-hybridized carbons (Fsp3) is 0.462. The molecule has 0 saturated heterocycles. The quantitative estimate of drug-likeness (QED) is 0.891. The van der Waals surface area contributed by atoms with E-state index in [1.807, 2.05) is 37.6 Å². The zero-order valence-electron chi connectivity index (χ0n) is 11.8. The molecule has 2 heterocycles. The van der Waals surface area contributed by atoms with Crippen LogP contribution in [-0.2, 0) is 16.4 Å². The second-order valence-corrected chi connectivity index (χ2v) is 7.60. The van der Waals surface area contributed by atoms with E-state index in [1.54, 1.807) is 22.2 Å². The lowest BCUT2D eigenvalue weighted by Crippen LogP contribution is -2.33. The number of hydrogen-bond donors (Lipinski definition) is 1. The standard InChI is InChI=1S/C13H19N3O2S2/c1-10(2)16-8-13(7-14-16)20(17,18)15-11(3)6-12-4-5-19-9-12/h4-5,7-11,15H,6H2,1-3H3. The molecule has 1 unspecified atom stereocenters. The van der Waals surface area contributed by atoms with Crippen LogP contribution in [0.2, 0.25) is 0 Å². The van der Waals surface area contributed by atoms with Gasteiger partial charge in [0.1, 0.15) is 4.90 Å². The molecule has 2 rings (SSSR count). The van der Waals surface area contributed by atoms with Crippen molar-refractivity contribution in [2.24, 2.45) is 0 Å². The third kappa shape index (κ3) is 3.68. The summed E-state index contributed by atoms with van der Waals surface area (Å²) in [5.41, 5.74) is 1.14. The molecule has 2 aromatic heterocycles. The maximum Gasteiger partial charge on any atom is 0.243 e. The molecule has 0 fully saturated rings. The van der Waals surface area contributed by atoms with Crippen molar-refractivity contribution in [1.29, 1.82) is 0 Å². The SMILES string of the molecule is CC(Cc1ccsc1)NS(=O)(=O)c1cnn(C(C)C)c1. The Hall–Kier alpha value is -1.18. The van der Waals surface area contributed by atoms with E-state index in [0.717, 1.165) is 5.56 Å². The van der Waals surface area contributed by atoms with Gasteiger partial charge >= 0.3 is 0 Å². The smallest absolute Gasteiger partial charge is 0.243 e. The minimum atomic E-state index is -3.51. The van der Waals surface area contributed by atoms with Crippen LogP contribution in [0.1, 0.15) is 32.4 Å². The first-order valence-corrected chi connectivity index (χ1v) is 8.88. The third-order valence-electron chi connectivity index (χ3n) is 2.90. The van der Waals surface area contributed by atoms with Gasteiger partial charge in [0.25, 0.3) is 0 Å². The molecule has 0 amide bonds. The number of aromatic nitrogens is 2. The Bertz CT molecular complexity index is 645. The molecule has 0 radical (unpaired) electrons. The van der Waals surface area contributed by atoms with Gasteiger partial charge in [0.05, 0.1) is 6.20 Å². The van der Waals surface area contributed by atoms with Crippen molar-refractivity contribution in [1.82, 2.24) is 14.5 Å². The van der Waals surface area contributed by atoms with Crippen molar-refractivity contribution in [2.45, 2.75) is 44.2 Å². The minimum absolute atomic E-state index is 0.141. The Kier molecular flexibility index (Phi) is 4.62. The summed E-state index contributed by atoms with van der Waals surface area (Å²) in [5, 5.41) is 8.08. The number of nitrogens with one attached hydrogen (secondary N) is 1. The number of sulfonamides is 1. The van der Waals surface area contributed by atoms with Crippen LogP contribution in [0.3, 0.4) is 0 Å². The molecule has 2 aromatic rings. The molecule has 20 heavy (non-hydrogen) atoms. The lowest BCUT2D eigenvalue weighted by atomic mass is 10.1. The van der Waals surface area contributed by atoms with Crippen LogP contribution in [0.25, 0.3) is 0 Å². The van der Waals surface area contributed by atoms with Gasteiger partial charge in [-0.1, -0.05) is 0 Å². The molecule has 0 bridgehead atoms. The van der Waals surface area contributed by atoms with Crippen LogP contribution in [0.5, 0.6) is 0 Å². The molecule has 5 nitrogen and oxygen atoms in total. The van der Waals surface area contributed by atoms with Crippen molar-refractivity contribution in [3.8, 4) is 0 Å². The Morgan fingerprint density at radius 2 is 2.15 bits per heavy atom. The average molecular weight is 313 g/mol. The summed E-state index contributed by atoms with van der Waals surface area (Å²) in [5.74, 6) is 0. The van der Waals surface area contributed by atoms with Gasteiger partial charge in [-0.2, -0.15) is 16.4 Å². The Morgan fingerprint density at radius 1 is 1.40 bits per heavy atom. The molecule has 1 atom stereocenters. The average Bonchev–Trinajstić information content (AvgIpc) is 2.97. The first-order valence-electron chi connectivity index (χ1n) is 6.46. The van der Waals surface area contributed by atoms with Crippen LogP contribution in [0, 0.1) is 0 Å². The van der Waals surface area contributed by atoms with Crippen LogP contribution < -0.4 is 4.72 Å². The number of nitrogens with zero attached hydrogens (tertiary/aromatic N) is 2. The van der Waals surface area contributed by atoms with E-state index in [9.17, 15) is 8.42 Å². The molecule has 0 aliphatic heterocycles. The van der Waals surface area contributed by atoms with Crippen molar-refractivity contribution in [2.75, 3.05) is 0 Å². The van der Waals surface area contributed by atoms with Crippen LogP contribution >= 0.6 is 11.3 Å². The topological polar surface area (TPSA) is 64.0 Å². The molecule has 1 N–H and O–H groups in total. The summed E-state index contributed by atoms with van der Waals surface area (Å²) < 4.78 is 28.8. The number of hydrogen-bond acceptors (Lipinski definition) is 4. The predicted molar refractivity (Wildman–Crippen MR) is 80.4 cm³/mol. The summed E-state index contributed by atoms with van der Waals surface area (Å²) in [6, 6.07) is 1.99. The zero-order chi connectivity index (χ0) is 14.8. The van der Waals surface area contributed by atoms with Crippen LogP contribution in [-0.4, -0.2) is 24.2 Å². The van der Waals surface area contributed by atoms with E-state index >= 15 is 0 Å². The highest BCUT2D eigenvalue weighted by Crippen LogP contribution is 2.13. The van der Waals surface area contributed by atoms with Gasteiger partial charge in [-0.25, -0.2) is 13.1 Å². The maximum absolute atomic E-state index is 12.2. The van der Waals surface area contributed by atoms with Gasteiger partial charge < -0.3 is 0 Å². The van der Waals surface area contributed by atoms with Gasteiger partial charge in [-0.3, -0.25) is 4.68 Å². The number of thiophene rings is 1. The summed E-state index contributed by atoms with van der Waals surface area (Å²) in [7, 11) is -3.51. The Labute approximate surface area is 123 Å². The van der Waals surface area contributed by atoms with Gasteiger partial charge in [0.2, 0.25) is 10.0 Å². The fourth-order valence-electron chi connectivity index (χ4n) is 1.88. The van der Waals surface area contributed by atoms with E-state index in [0.29, 0.717) is 6.42 Å². The lowest BCUT2D eigenvalue weighted by Gasteiger charge is -2.12. The van der Waals surface area contributed by atoms with Crippen molar-refractivity contribution in [3.05, 3.63) is 34.8 Å². The van der Waals surface area contributed by atoms with Crippen LogP contribution in [0.15, 0.2) is 34.1 Å². The normalized spacial score (nSPS) is 13.8. The second-order valence-electron chi connectivity index (χ2n) is 5.11. The van der Waals surface area contributed by atoms with E-state index in [4.69, 9.17) is 0 Å². The molecular weight excluding hydrogens is 294 g/mol. The molecule has 0 spiro atoms. The molecule has 7 heteroatoms. The summed E-state index contributed by atoms with van der Waals surface area (Å²) >= 11 is 1.61. The van der Waals surface area contributed by atoms with Crippen molar-refractivity contribution in [3.63, 3.8) is 0 Å². The monoisotopic (exact) mass is 313 g/mol. The summed E-state index contributed by atoms with van der Waals surface area (Å²) in [6.07, 6.45) is 3.63. The van der Waals surface area contributed by atoms with E-state index in [-0.39, 0.29) is 17.0 Å². The van der Waals surface area contributed by atoms with E-state index in [1.165, 1.54) is 6.20 Å². The number of rotatable bonds is 6. The lowest BCUT2D eigenvalue weighted by molar-refractivity contribution is 0.530. The second kappa shape index (κ2) is 6.07. The van der Waals surface area contributed by atoms with E-state index in [2.05, 4.69) is 9.82 Å². The van der Waals surface area contributed by atoms with Crippen molar-refractivity contribution >= 4 is 21.4 Å². The largest absolute Gasteiger partial charge is 0.269 e. The van der Waals surface area contributed by atoms with E-state index < -0.39 is 10.0 Å². The molecule has 0 aromatic carbocycles. The van der Waals surface area contributed by atoms with Gasteiger partial charge in [-0.05, 0) is 49.6 Å². The molecule has 0 aliphatic carbocycles. The highest BCUT2D eigenvalue weighted by Gasteiger charge is 2.20. The van der Waals surface area contributed by atoms with Gasteiger partial charge in [-0.15, -0.1) is 0 Å². The Morgan fingerprint density at radius 3 is 2.70 bits per heavy atom. The first-order chi connectivity index (χ1) is 9.38. The van der Waals surface area contributed by atoms with Gasteiger partial charge in [0, 0.05) is 18.3 Å². The molecule has 110 valence electrons. The zero-order valence-corrected chi connectivity index (χ0v) is 13.4. The molecule has 0 aliphatic rings. The van der Waals surface area contributed by atoms with Gasteiger partial charge in [0.15, 0.2) is 0 Å². The Balaban J connectivity index is 2.06. The van der Waals surface area contributed by atoms with Crippen molar-refractivity contribution < 1.29 is 8.42 Å². The highest BCUT2D eigenvalue weighted by molar-refractivity contribution is 7.89. The molecule has 0 saturated carbocycles. The summed E-state index contributed by atoms with van der Waals surface area (Å²) in [6.45, 7) is 5.77. The first kappa shape index (κ1) is 15.2. The highest BCUT2D eigenvalue weighted by atomic mass is 32.2. The summed E-state index contributed by atoms with van der Waals surface area (Å²) in [4.78, 5) is 0.211. The van der Waals surface area contributed by atoms with Crippen LogP contribution in [0.4, 0.5) is 0 Å². The maximum atomic E-state index is 12.2. The minimum Gasteiger partial charge on any atom is -0.269 e. The molecular formula is C13H19N3O2S2. The third-order valence-corrected chi connectivity index (χ3v) is 5.17. The fourth-order valence-corrected chi connectivity index (χ4v) is 3.74. The predicted octanol–water partition coefficient (Wildman–Crippen LogP) is 2.44.